The maximum atomic E-state index is 14.3. The molecule has 5 unspecified atom stereocenters. The number of quaternary nitrogens is 1. The van der Waals surface area contributed by atoms with Gasteiger partial charge < -0.3 is 26.6 Å². The van der Waals surface area contributed by atoms with E-state index in [0.717, 1.165) is 42.2 Å². The normalized spacial score (nSPS) is 27.1. The fraction of sp³-hybridized carbons (Fsp3) is 0.455. The van der Waals surface area contributed by atoms with E-state index in [1.54, 1.807) is 28.8 Å². The minimum absolute atomic E-state index is 0.0147. The smallest absolute Gasteiger partial charge is 0.237 e. The van der Waals surface area contributed by atoms with Crippen molar-refractivity contribution < 1.29 is 19.5 Å². The number of halogens is 2. The summed E-state index contributed by atoms with van der Waals surface area (Å²) < 4.78 is 14.3. The Morgan fingerprint density at radius 3 is 2.97 bits per heavy atom. The van der Waals surface area contributed by atoms with Crippen molar-refractivity contribution in [3.63, 3.8) is 0 Å². The molecule has 2 aliphatic carbocycles. The summed E-state index contributed by atoms with van der Waals surface area (Å²) in [5.74, 6) is -1.22. The highest BCUT2D eigenvalue weighted by atomic mass is 35.5. The molecular formula is C22H24ClFN6O3S. The number of fused-ring (bicyclic) bond motifs is 3. The maximum Gasteiger partial charge on any atom is 0.237 e. The second-order valence-electron chi connectivity index (χ2n) is 8.98. The van der Waals surface area contributed by atoms with Crippen LogP contribution in [0.4, 0.5) is 21.6 Å². The number of rotatable bonds is 7. The number of nitrogens with zero attached hydrogens (tertiary/aromatic N) is 3. The summed E-state index contributed by atoms with van der Waals surface area (Å²) in [7, 11) is 0. The Bertz CT molecular complexity index is 1140. The van der Waals surface area contributed by atoms with Crippen molar-refractivity contribution >= 4 is 52.4 Å². The third kappa shape index (κ3) is 4.21. The Labute approximate surface area is 204 Å². The molecule has 1 aromatic heterocycles. The number of aromatic nitrogens is 2. The summed E-state index contributed by atoms with van der Waals surface area (Å²) in [6, 6.07) is 5.02. The summed E-state index contributed by atoms with van der Waals surface area (Å²) in [5, 5.41) is 14.2. The third-order valence-corrected chi connectivity index (χ3v) is 8.72. The van der Waals surface area contributed by atoms with E-state index in [2.05, 4.69) is 15.3 Å². The molecule has 3 aliphatic rings. The second kappa shape index (κ2) is 9.29. The summed E-state index contributed by atoms with van der Waals surface area (Å²) in [5.41, 5.74) is 8.87. The van der Waals surface area contributed by atoms with Crippen LogP contribution in [0.3, 0.4) is 0 Å². The SMILES string of the molecule is NC(=O)C1C2CC(SCC(=O)N3CCc4ccc([NH2+][O-])cc43)C(C2)C1Nc1nc(Cl)ncc1F. The molecule has 1 aliphatic heterocycles. The van der Waals surface area contributed by atoms with Crippen LogP contribution in [0.25, 0.3) is 0 Å². The maximum absolute atomic E-state index is 14.3. The van der Waals surface area contributed by atoms with Crippen molar-refractivity contribution in [3.8, 4) is 0 Å². The molecule has 5 rings (SSSR count). The van der Waals surface area contributed by atoms with Crippen LogP contribution < -0.4 is 21.4 Å². The van der Waals surface area contributed by atoms with Gasteiger partial charge in [-0.2, -0.15) is 4.98 Å². The van der Waals surface area contributed by atoms with Crippen molar-refractivity contribution in [2.24, 2.45) is 23.5 Å². The van der Waals surface area contributed by atoms with Gasteiger partial charge in [-0.3, -0.25) is 9.59 Å². The van der Waals surface area contributed by atoms with Gasteiger partial charge in [-0.1, -0.05) is 6.07 Å². The van der Waals surface area contributed by atoms with Crippen molar-refractivity contribution in [1.82, 2.24) is 9.97 Å². The minimum Gasteiger partial charge on any atom is -0.630 e. The highest BCUT2D eigenvalue weighted by Crippen LogP contribution is 2.53. The highest BCUT2D eigenvalue weighted by molar-refractivity contribution is 8.00. The minimum atomic E-state index is -0.655. The molecule has 180 valence electrons. The second-order valence-corrected chi connectivity index (χ2v) is 10.5. The number of anilines is 2. The standard InChI is InChI=1S/C22H24ClFN6O3S/c23-22-26-8-14(24)21(28-22)27-19-13-5-11(18(19)20(25)32)6-16(13)34-9-17(31)30-4-3-10-1-2-12(29-33)7-15(10)30/h1-2,7-8,11,13,16,18-19H,3-6,9,29H2,(H2,25,32)(H,26,27,28). The van der Waals surface area contributed by atoms with Gasteiger partial charge in [-0.05, 0) is 54.3 Å². The Hall–Kier alpha value is -2.47. The average molecular weight is 507 g/mol. The first-order valence-corrected chi connectivity index (χ1v) is 12.5. The van der Waals surface area contributed by atoms with E-state index in [-0.39, 0.29) is 39.8 Å². The van der Waals surface area contributed by atoms with Gasteiger partial charge in [0.2, 0.25) is 17.1 Å². The number of benzene rings is 1. The van der Waals surface area contributed by atoms with Gasteiger partial charge in [-0.25, -0.2) is 9.37 Å². The first-order chi connectivity index (χ1) is 16.4. The topological polar surface area (TPSA) is 141 Å². The molecule has 2 heterocycles. The quantitative estimate of drug-likeness (QED) is 0.294. The van der Waals surface area contributed by atoms with Crippen LogP contribution in [-0.2, 0) is 16.0 Å². The summed E-state index contributed by atoms with van der Waals surface area (Å²) in [6.45, 7) is 0.593. The molecule has 0 radical (unpaired) electrons. The van der Waals surface area contributed by atoms with Crippen LogP contribution in [0, 0.1) is 28.8 Å². The summed E-state index contributed by atoms with van der Waals surface area (Å²) >= 11 is 7.38. The lowest BCUT2D eigenvalue weighted by Gasteiger charge is -2.35. The molecule has 9 nitrogen and oxygen atoms in total. The highest BCUT2D eigenvalue weighted by Gasteiger charge is 2.55. The average Bonchev–Trinajstić information content (AvgIpc) is 3.52. The van der Waals surface area contributed by atoms with Crippen molar-refractivity contribution in [1.29, 1.82) is 0 Å². The van der Waals surface area contributed by atoms with Gasteiger partial charge in [0.1, 0.15) is 5.69 Å². The molecule has 5 N–H and O–H groups in total. The Balaban J connectivity index is 1.28. The molecular weight excluding hydrogens is 483 g/mol. The van der Waals surface area contributed by atoms with E-state index in [1.165, 1.54) is 0 Å². The molecule has 2 aromatic rings. The van der Waals surface area contributed by atoms with E-state index in [9.17, 15) is 19.2 Å². The number of carbonyl (C=O) groups excluding carboxylic acids is 2. The van der Waals surface area contributed by atoms with Gasteiger partial charge in [0, 0.05) is 23.9 Å². The Kier molecular flexibility index (Phi) is 6.36. The molecule has 2 amide bonds. The summed E-state index contributed by atoms with van der Waals surface area (Å²) in [4.78, 5) is 34.5. The van der Waals surface area contributed by atoms with Gasteiger partial charge >= 0.3 is 0 Å². The van der Waals surface area contributed by atoms with Gasteiger partial charge in [0.05, 0.1) is 23.6 Å². The molecule has 5 atom stereocenters. The molecule has 0 spiro atoms. The number of amides is 2. The van der Waals surface area contributed by atoms with Crippen LogP contribution in [0.15, 0.2) is 24.4 Å². The Morgan fingerprint density at radius 2 is 2.21 bits per heavy atom. The third-order valence-electron chi connectivity index (χ3n) is 7.15. The molecule has 2 bridgehead atoms. The van der Waals surface area contributed by atoms with E-state index < -0.39 is 23.7 Å². The zero-order valence-electron chi connectivity index (χ0n) is 18.1. The monoisotopic (exact) mass is 506 g/mol. The molecule has 2 fully saturated rings. The van der Waals surface area contributed by atoms with Crippen molar-refractivity contribution in [2.75, 3.05) is 22.5 Å². The lowest BCUT2D eigenvalue weighted by Crippen LogP contribution is -2.70. The van der Waals surface area contributed by atoms with E-state index in [0.29, 0.717) is 12.2 Å². The summed E-state index contributed by atoms with van der Waals surface area (Å²) in [6.07, 6.45) is 3.29. The number of hydrogen-bond donors (Lipinski definition) is 3. The molecule has 12 heteroatoms. The molecule has 1 aromatic carbocycles. The van der Waals surface area contributed by atoms with E-state index in [4.69, 9.17) is 17.3 Å². The number of nitrogens with two attached hydrogens (primary N) is 2. The van der Waals surface area contributed by atoms with E-state index in [1.807, 2.05) is 6.07 Å². The van der Waals surface area contributed by atoms with Crippen LogP contribution >= 0.6 is 23.4 Å². The zero-order chi connectivity index (χ0) is 24.0. The Morgan fingerprint density at radius 1 is 1.38 bits per heavy atom. The zero-order valence-corrected chi connectivity index (χ0v) is 19.7. The lowest BCUT2D eigenvalue weighted by atomic mass is 9.83. The number of carbonyl (C=O) groups is 2. The predicted octanol–water partition coefficient (Wildman–Crippen LogP) is 1.57. The predicted molar refractivity (Wildman–Crippen MR) is 127 cm³/mol. The van der Waals surface area contributed by atoms with Crippen molar-refractivity contribution in [2.45, 2.75) is 30.6 Å². The van der Waals surface area contributed by atoms with Gasteiger partial charge in [-0.15, -0.1) is 11.8 Å². The number of thioether (sulfide) groups is 1. The van der Waals surface area contributed by atoms with Gasteiger partial charge in [0.25, 0.3) is 0 Å². The molecule has 0 saturated heterocycles. The lowest BCUT2D eigenvalue weighted by molar-refractivity contribution is -0.497. The largest absolute Gasteiger partial charge is 0.630 e. The number of primary amides is 1. The van der Waals surface area contributed by atoms with Crippen LogP contribution in [0.1, 0.15) is 18.4 Å². The van der Waals surface area contributed by atoms with Crippen LogP contribution in [-0.4, -0.2) is 45.4 Å². The molecule has 34 heavy (non-hydrogen) atoms. The first kappa shape index (κ1) is 23.3. The number of nitrogens with one attached hydrogen (secondary N) is 1. The van der Waals surface area contributed by atoms with E-state index >= 15 is 0 Å². The number of hydrogen-bond acceptors (Lipinski definition) is 7. The van der Waals surface area contributed by atoms with Gasteiger partial charge in [0.15, 0.2) is 11.6 Å². The molecule has 2 saturated carbocycles. The fourth-order valence-electron chi connectivity index (χ4n) is 5.69. The van der Waals surface area contributed by atoms with Crippen LogP contribution in [0.2, 0.25) is 5.28 Å². The first-order valence-electron chi connectivity index (χ1n) is 11.1. The van der Waals surface area contributed by atoms with Crippen molar-refractivity contribution in [3.05, 3.63) is 46.3 Å². The fourth-order valence-corrected chi connectivity index (χ4v) is 7.25. The van der Waals surface area contributed by atoms with Crippen LogP contribution in [0.5, 0.6) is 0 Å².